The quantitative estimate of drug-likeness (QED) is 0.621. The van der Waals surface area contributed by atoms with Gasteiger partial charge in [0.2, 0.25) is 0 Å². The van der Waals surface area contributed by atoms with Crippen LogP contribution in [0.1, 0.15) is 15.9 Å². The van der Waals surface area contributed by atoms with E-state index in [0.717, 1.165) is 11.3 Å². The van der Waals surface area contributed by atoms with Crippen molar-refractivity contribution in [3.63, 3.8) is 0 Å². The summed E-state index contributed by atoms with van der Waals surface area (Å²) in [6, 6.07) is 14.5. The van der Waals surface area contributed by atoms with Crippen LogP contribution in [-0.4, -0.2) is 37.2 Å². The van der Waals surface area contributed by atoms with E-state index < -0.39 is 11.9 Å². The van der Waals surface area contributed by atoms with Gasteiger partial charge in [-0.05, 0) is 30.2 Å². The predicted molar refractivity (Wildman–Crippen MR) is 109 cm³/mol. The monoisotopic (exact) mass is 394 g/mol. The molecule has 7 heteroatoms. The zero-order chi connectivity index (χ0) is 20.8. The number of hydrogen-bond donors (Lipinski definition) is 1. The van der Waals surface area contributed by atoms with Gasteiger partial charge in [-0.15, -0.1) is 0 Å². The fourth-order valence-electron chi connectivity index (χ4n) is 3.05. The summed E-state index contributed by atoms with van der Waals surface area (Å²) in [7, 11) is 2.86. The van der Waals surface area contributed by atoms with E-state index in [2.05, 4.69) is 10.1 Å². The summed E-state index contributed by atoms with van der Waals surface area (Å²) in [5.41, 5.74) is 1.21. The Kier molecular flexibility index (Phi) is 6.29. The Balaban J connectivity index is 1.90. The van der Waals surface area contributed by atoms with Gasteiger partial charge in [0.25, 0.3) is 11.5 Å². The van der Waals surface area contributed by atoms with Crippen molar-refractivity contribution < 1.29 is 19.1 Å². The molecule has 3 rings (SSSR count). The molecule has 0 aliphatic carbocycles. The Morgan fingerprint density at radius 2 is 1.69 bits per heavy atom. The van der Waals surface area contributed by atoms with Crippen LogP contribution in [0.5, 0.6) is 5.75 Å². The minimum atomic E-state index is -0.546. The molecule has 3 aromatic rings. The molecule has 0 aliphatic heterocycles. The standard InChI is InChI=1S/C22H22N2O5/c1-28-16-9-7-15(8-10-16)11-12-24-14-19(21(26)23-13-20(25)29-2)17-5-3-4-6-18(17)22(24)27/h3-10,14H,11-13H2,1-2H3,(H,23,26). The lowest BCUT2D eigenvalue weighted by atomic mass is 10.1. The molecule has 1 amide bonds. The van der Waals surface area contributed by atoms with Crippen molar-refractivity contribution in [2.45, 2.75) is 13.0 Å². The molecule has 1 N–H and O–H groups in total. The zero-order valence-corrected chi connectivity index (χ0v) is 16.3. The van der Waals surface area contributed by atoms with E-state index >= 15 is 0 Å². The average Bonchev–Trinajstić information content (AvgIpc) is 2.77. The smallest absolute Gasteiger partial charge is 0.325 e. The van der Waals surface area contributed by atoms with Crippen molar-refractivity contribution in [3.8, 4) is 5.75 Å². The molecule has 0 bridgehead atoms. The van der Waals surface area contributed by atoms with E-state index in [0.29, 0.717) is 29.3 Å². The Morgan fingerprint density at radius 3 is 2.34 bits per heavy atom. The number of fused-ring (bicyclic) bond motifs is 1. The Bertz CT molecular complexity index is 1090. The number of amides is 1. The molecular formula is C22H22N2O5. The van der Waals surface area contributed by atoms with Gasteiger partial charge in [0.05, 0.1) is 19.8 Å². The number of pyridine rings is 1. The Hall–Kier alpha value is -3.61. The van der Waals surface area contributed by atoms with Crippen LogP contribution in [-0.2, 0) is 22.5 Å². The van der Waals surface area contributed by atoms with Gasteiger partial charge in [-0.2, -0.15) is 0 Å². The number of methoxy groups -OCH3 is 2. The highest BCUT2D eigenvalue weighted by atomic mass is 16.5. The Morgan fingerprint density at radius 1 is 1.00 bits per heavy atom. The molecule has 29 heavy (non-hydrogen) atoms. The number of aryl methyl sites for hydroxylation is 2. The van der Waals surface area contributed by atoms with Crippen molar-refractivity contribution >= 4 is 22.6 Å². The third kappa shape index (κ3) is 4.63. The third-order valence-electron chi connectivity index (χ3n) is 4.66. The van der Waals surface area contributed by atoms with Gasteiger partial charge in [-0.1, -0.05) is 30.3 Å². The zero-order valence-electron chi connectivity index (χ0n) is 16.3. The SMILES string of the molecule is COC(=O)CNC(=O)c1cn(CCc2ccc(OC)cc2)c(=O)c2ccccc12. The van der Waals surface area contributed by atoms with Gasteiger partial charge in [0, 0.05) is 23.5 Å². The lowest BCUT2D eigenvalue weighted by Crippen LogP contribution is -2.32. The van der Waals surface area contributed by atoms with E-state index in [1.165, 1.54) is 11.7 Å². The average molecular weight is 394 g/mol. The summed E-state index contributed by atoms with van der Waals surface area (Å²) in [4.78, 5) is 36.8. The predicted octanol–water partition coefficient (Wildman–Crippen LogP) is 2.16. The van der Waals surface area contributed by atoms with E-state index in [1.54, 1.807) is 37.6 Å². The summed E-state index contributed by atoms with van der Waals surface area (Å²) < 4.78 is 11.2. The van der Waals surface area contributed by atoms with Gasteiger partial charge in [0.15, 0.2) is 0 Å². The molecule has 0 radical (unpaired) electrons. The van der Waals surface area contributed by atoms with Crippen LogP contribution in [0.4, 0.5) is 0 Å². The second-order valence-corrected chi connectivity index (χ2v) is 6.44. The first kappa shape index (κ1) is 20.1. The third-order valence-corrected chi connectivity index (χ3v) is 4.66. The van der Waals surface area contributed by atoms with Crippen LogP contribution in [0, 0.1) is 0 Å². The first-order valence-corrected chi connectivity index (χ1v) is 9.13. The molecule has 0 atom stereocenters. The molecular weight excluding hydrogens is 372 g/mol. The molecule has 150 valence electrons. The number of hydrogen-bond acceptors (Lipinski definition) is 5. The van der Waals surface area contributed by atoms with Gasteiger partial charge in [0.1, 0.15) is 12.3 Å². The van der Waals surface area contributed by atoms with Gasteiger partial charge >= 0.3 is 5.97 Å². The maximum absolute atomic E-state index is 12.9. The number of esters is 1. The fourth-order valence-corrected chi connectivity index (χ4v) is 3.05. The largest absolute Gasteiger partial charge is 0.497 e. The van der Waals surface area contributed by atoms with Crippen molar-refractivity contribution in [3.05, 3.63) is 76.2 Å². The number of nitrogens with zero attached hydrogens (tertiary/aromatic N) is 1. The van der Waals surface area contributed by atoms with Crippen LogP contribution >= 0.6 is 0 Å². The minimum Gasteiger partial charge on any atom is -0.497 e. The van der Waals surface area contributed by atoms with Gasteiger partial charge in [-0.3, -0.25) is 14.4 Å². The lowest BCUT2D eigenvalue weighted by Gasteiger charge is -2.12. The first-order valence-electron chi connectivity index (χ1n) is 9.13. The van der Waals surface area contributed by atoms with Crippen LogP contribution in [0.3, 0.4) is 0 Å². The molecule has 1 heterocycles. The molecule has 0 fully saturated rings. The highest BCUT2D eigenvalue weighted by molar-refractivity contribution is 6.07. The summed E-state index contributed by atoms with van der Waals surface area (Å²) in [5, 5.41) is 3.53. The topological polar surface area (TPSA) is 86.6 Å². The first-order chi connectivity index (χ1) is 14.0. The summed E-state index contributed by atoms with van der Waals surface area (Å²) in [5.74, 6) is -0.221. The number of benzene rings is 2. The van der Waals surface area contributed by atoms with Crippen LogP contribution < -0.4 is 15.6 Å². The van der Waals surface area contributed by atoms with E-state index in [1.807, 2.05) is 24.3 Å². The van der Waals surface area contributed by atoms with E-state index in [4.69, 9.17) is 4.74 Å². The van der Waals surface area contributed by atoms with Gasteiger partial charge < -0.3 is 19.4 Å². The van der Waals surface area contributed by atoms with Crippen molar-refractivity contribution in [1.82, 2.24) is 9.88 Å². The van der Waals surface area contributed by atoms with Crippen molar-refractivity contribution in [1.29, 1.82) is 0 Å². The molecule has 0 saturated carbocycles. The van der Waals surface area contributed by atoms with Crippen molar-refractivity contribution in [2.75, 3.05) is 20.8 Å². The van der Waals surface area contributed by atoms with Crippen LogP contribution in [0.25, 0.3) is 10.8 Å². The second kappa shape index (κ2) is 9.05. The maximum atomic E-state index is 12.9. The molecule has 0 unspecified atom stereocenters. The van der Waals surface area contributed by atoms with E-state index in [-0.39, 0.29) is 12.1 Å². The van der Waals surface area contributed by atoms with Crippen LogP contribution in [0.2, 0.25) is 0 Å². The summed E-state index contributed by atoms with van der Waals surface area (Å²) in [6.45, 7) is 0.169. The lowest BCUT2D eigenvalue weighted by molar-refractivity contribution is -0.139. The fraction of sp³-hybridized carbons (Fsp3) is 0.227. The molecule has 0 saturated heterocycles. The Labute approximate surface area is 167 Å². The highest BCUT2D eigenvalue weighted by Crippen LogP contribution is 2.16. The van der Waals surface area contributed by atoms with Crippen molar-refractivity contribution in [2.24, 2.45) is 0 Å². The maximum Gasteiger partial charge on any atom is 0.325 e. The molecule has 0 aliphatic rings. The number of nitrogens with one attached hydrogen (secondary N) is 1. The normalized spacial score (nSPS) is 10.6. The number of carbonyl (C=O) groups excluding carboxylic acids is 2. The molecule has 7 nitrogen and oxygen atoms in total. The highest BCUT2D eigenvalue weighted by Gasteiger charge is 2.15. The number of ether oxygens (including phenoxy) is 2. The van der Waals surface area contributed by atoms with Gasteiger partial charge in [-0.25, -0.2) is 0 Å². The molecule has 1 aromatic heterocycles. The number of rotatable bonds is 7. The second-order valence-electron chi connectivity index (χ2n) is 6.44. The molecule has 2 aromatic carbocycles. The molecule has 0 spiro atoms. The van der Waals surface area contributed by atoms with E-state index in [9.17, 15) is 14.4 Å². The minimum absolute atomic E-state index is 0.168. The number of aromatic nitrogens is 1. The summed E-state index contributed by atoms with van der Waals surface area (Å²) in [6.07, 6.45) is 2.16. The number of carbonyl (C=O) groups is 2. The van der Waals surface area contributed by atoms with Crippen LogP contribution in [0.15, 0.2) is 59.5 Å². The summed E-state index contributed by atoms with van der Waals surface area (Å²) >= 11 is 0.